The van der Waals surface area contributed by atoms with Crippen LogP contribution >= 0.6 is 0 Å². The fourth-order valence-electron chi connectivity index (χ4n) is 4.17. The van der Waals surface area contributed by atoms with E-state index in [-0.39, 0.29) is 23.3 Å². The number of benzene rings is 1. The van der Waals surface area contributed by atoms with Gasteiger partial charge in [-0.25, -0.2) is 13.9 Å². The third-order valence-corrected chi connectivity index (χ3v) is 9.08. The molecule has 0 radical (unpaired) electrons. The molecule has 0 bridgehead atoms. The summed E-state index contributed by atoms with van der Waals surface area (Å²) in [6.45, 7) is 3.35. The van der Waals surface area contributed by atoms with Crippen molar-refractivity contribution < 1.29 is 40.4 Å². The highest BCUT2D eigenvalue weighted by Crippen LogP contribution is 2.39. The molecule has 1 aromatic heterocycles. The largest absolute Gasteiger partial charge is 0.453 e. The Bertz CT molecular complexity index is 1160. The van der Waals surface area contributed by atoms with Crippen molar-refractivity contribution in [3.05, 3.63) is 48.2 Å². The molecule has 0 saturated carbocycles. The topological polar surface area (TPSA) is 99.6 Å². The van der Waals surface area contributed by atoms with Crippen LogP contribution in [0.3, 0.4) is 0 Å². The molecule has 2 aromatic rings. The van der Waals surface area contributed by atoms with Crippen molar-refractivity contribution in [2.45, 2.75) is 54.3 Å². The Hall–Kier alpha value is -2.64. The molecule has 3 rings (SSSR count). The van der Waals surface area contributed by atoms with Gasteiger partial charge in [0.05, 0.1) is 10.6 Å². The first kappa shape index (κ1) is 27.9. The maximum absolute atomic E-state index is 13.5. The van der Waals surface area contributed by atoms with E-state index < -0.39 is 45.4 Å². The summed E-state index contributed by atoms with van der Waals surface area (Å²) in [5.74, 6) is -5.79. The van der Waals surface area contributed by atoms with Gasteiger partial charge >= 0.3 is 12.1 Å². The van der Waals surface area contributed by atoms with Gasteiger partial charge in [0.1, 0.15) is 0 Å². The summed E-state index contributed by atoms with van der Waals surface area (Å²) >= 11 is 0. The lowest BCUT2D eigenvalue weighted by Crippen LogP contribution is -2.57. The van der Waals surface area contributed by atoms with Crippen LogP contribution in [0.1, 0.15) is 31.7 Å². The van der Waals surface area contributed by atoms with E-state index in [0.29, 0.717) is 30.9 Å². The smallest absolute Gasteiger partial charge is 0.303 e. The number of alkyl halides is 5. The van der Waals surface area contributed by atoms with Gasteiger partial charge in [0, 0.05) is 31.3 Å². The van der Waals surface area contributed by atoms with E-state index in [2.05, 4.69) is 4.98 Å². The van der Waals surface area contributed by atoms with Gasteiger partial charge in [-0.05, 0) is 49.6 Å². The standard InChI is InChI=1S/C23H26F5N3O4S/c1-2-31-13-11-21(12-14-31,20(32)30-33)36(34,35)18-6-4-17(5-7-18)19-8-3-16(15-29-19)9-10-22(24,25)23(26,27)28/h3-8,15,33H,2,9-14H2,1H3,(H,30,32). The maximum Gasteiger partial charge on any atom is 0.453 e. The first-order valence-corrected chi connectivity index (χ1v) is 12.7. The molecule has 1 amide bonds. The quantitative estimate of drug-likeness (QED) is 0.301. The Morgan fingerprint density at radius 1 is 1.08 bits per heavy atom. The molecule has 0 spiro atoms. The minimum atomic E-state index is -5.62. The number of sulfone groups is 1. The number of rotatable bonds is 8. The van der Waals surface area contributed by atoms with Crippen LogP contribution in [0.2, 0.25) is 0 Å². The number of halogens is 5. The number of hydrogen-bond donors (Lipinski definition) is 2. The molecule has 0 atom stereocenters. The highest BCUT2D eigenvalue weighted by atomic mass is 32.2. The lowest BCUT2D eigenvalue weighted by molar-refractivity contribution is -0.284. The lowest BCUT2D eigenvalue weighted by atomic mass is 9.95. The second kappa shape index (κ2) is 10.4. The second-order valence-corrected chi connectivity index (χ2v) is 10.9. The highest BCUT2D eigenvalue weighted by Gasteiger charge is 2.56. The van der Waals surface area contributed by atoms with Crippen molar-refractivity contribution in [1.29, 1.82) is 0 Å². The van der Waals surface area contributed by atoms with Gasteiger partial charge in [0.15, 0.2) is 14.6 Å². The minimum absolute atomic E-state index is 0.00766. The molecule has 1 fully saturated rings. The first-order chi connectivity index (χ1) is 16.8. The van der Waals surface area contributed by atoms with Crippen LogP contribution in [0.15, 0.2) is 47.5 Å². The zero-order valence-electron chi connectivity index (χ0n) is 19.4. The van der Waals surface area contributed by atoms with E-state index in [4.69, 9.17) is 0 Å². The summed E-state index contributed by atoms with van der Waals surface area (Å²) in [5, 5.41) is 9.24. The summed E-state index contributed by atoms with van der Waals surface area (Å²) < 4.78 is 88.4. The van der Waals surface area contributed by atoms with Crippen LogP contribution < -0.4 is 5.48 Å². The predicted octanol–water partition coefficient (Wildman–Crippen LogP) is 4.01. The number of nitrogens with one attached hydrogen (secondary N) is 1. The molecule has 7 nitrogen and oxygen atoms in total. The van der Waals surface area contributed by atoms with Crippen molar-refractivity contribution in [3.63, 3.8) is 0 Å². The number of nitrogens with zero attached hydrogens (tertiary/aromatic N) is 2. The molecule has 2 N–H and O–H groups in total. The monoisotopic (exact) mass is 535 g/mol. The van der Waals surface area contributed by atoms with Crippen molar-refractivity contribution >= 4 is 15.7 Å². The summed E-state index contributed by atoms with van der Waals surface area (Å²) in [6.07, 6.45) is -6.34. The number of hydrogen-bond acceptors (Lipinski definition) is 6. The average Bonchev–Trinajstić information content (AvgIpc) is 2.86. The Kier molecular flexibility index (Phi) is 8.06. The second-order valence-electron chi connectivity index (χ2n) is 8.65. The molecular weight excluding hydrogens is 509 g/mol. The molecule has 13 heteroatoms. The molecule has 198 valence electrons. The van der Waals surface area contributed by atoms with E-state index in [1.165, 1.54) is 48.1 Å². The fourth-order valence-corrected chi connectivity index (χ4v) is 6.12. The number of amides is 1. The molecule has 1 aromatic carbocycles. The Labute approximate surface area is 205 Å². The van der Waals surface area contributed by atoms with Gasteiger partial charge in [0.2, 0.25) is 0 Å². The van der Waals surface area contributed by atoms with Crippen molar-refractivity contribution in [2.24, 2.45) is 0 Å². The van der Waals surface area contributed by atoms with Crippen molar-refractivity contribution in [1.82, 2.24) is 15.4 Å². The van der Waals surface area contributed by atoms with E-state index in [0.717, 1.165) is 0 Å². The first-order valence-electron chi connectivity index (χ1n) is 11.2. The zero-order chi connectivity index (χ0) is 26.8. The van der Waals surface area contributed by atoms with Crippen LogP contribution in [0.4, 0.5) is 22.0 Å². The zero-order valence-corrected chi connectivity index (χ0v) is 20.2. The molecule has 1 aliphatic heterocycles. The number of pyridine rings is 1. The van der Waals surface area contributed by atoms with Gasteiger partial charge in [-0.2, -0.15) is 22.0 Å². The third-order valence-electron chi connectivity index (χ3n) is 6.57. The normalized spacial score (nSPS) is 17.1. The van der Waals surface area contributed by atoms with Gasteiger partial charge in [-0.1, -0.05) is 25.1 Å². The third kappa shape index (κ3) is 5.37. The number of piperidine rings is 1. The average molecular weight is 536 g/mol. The van der Waals surface area contributed by atoms with Crippen LogP contribution in [0.25, 0.3) is 11.3 Å². The predicted molar refractivity (Wildman–Crippen MR) is 120 cm³/mol. The maximum atomic E-state index is 13.5. The van der Waals surface area contributed by atoms with Gasteiger partial charge in [-0.15, -0.1) is 0 Å². The Balaban J connectivity index is 1.79. The number of carbonyl (C=O) groups is 1. The number of carbonyl (C=O) groups excluding carboxylic acids is 1. The Morgan fingerprint density at radius 3 is 2.17 bits per heavy atom. The molecule has 36 heavy (non-hydrogen) atoms. The molecule has 2 heterocycles. The van der Waals surface area contributed by atoms with E-state index in [9.17, 15) is 40.4 Å². The fraction of sp³-hybridized carbons (Fsp3) is 0.478. The SMILES string of the molecule is CCN1CCC(C(=O)NO)(S(=O)(=O)c2ccc(-c3ccc(CCC(F)(F)C(F)(F)F)cn3)cc2)CC1. The molecule has 0 unspecified atom stereocenters. The van der Waals surface area contributed by atoms with Crippen molar-refractivity contribution in [2.75, 3.05) is 19.6 Å². The number of hydroxylamine groups is 1. The Morgan fingerprint density at radius 2 is 1.69 bits per heavy atom. The molecular formula is C23H26F5N3O4S. The summed E-state index contributed by atoms with van der Waals surface area (Å²) in [7, 11) is -4.19. The molecule has 0 aliphatic carbocycles. The lowest BCUT2D eigenvalue weighted by Gasteiger charge is -2.39. The summed E-state index contributed by atoms with van der Waals surface area (Å²) in [5.41, 5.74) is 2.52. The number of aromatic nitrogens is 1. The van der Waals surface area contributed by atoms with Gasteiger partial charge < -0.3 is 4.90 Å². The number of likely N-dealkylation sites (tertiary alicyclic amines) is 1. The van der Waals surface area contributed by atoms with Gasteiger partial charge in [0.25, 0.3) is 5.91 Å². The number of aryl methyl sites for hydroxylation is 1. The summed E-state index contributed by atoms with van der Waals surface area (Å²) in [6, 6.07) is 8.34. The van der Waals surface area contributed by atoms with Crippen LogP contribution in [-0.4, -0.2) is 65.9 Å². The van der Waals surface area contributed by atoms with Crippen LogP contribution in [-0.2, 0) is 21.1 Å². The molecule has 1 saturated heterocycles. The summed E-state index contributed by atoms with van der Waals surface area (Å²) in [4.78, 5) is 18.5. The van der Waals surface area contributed by atoms with Crippen molar-refractivity contribution in [3.8, 4) is 11.3 Å². The van der Waals surface area contributed by atoms with Crippen LogP contribution in [0.5, 0.6) is 0 Å². The minimum Gasteiger partial charge on any atom is -0.303 e. The highest BCUT2D eigenvalue weighted by molar-refractivity contribution is 7.93. The van der Waals surface area contributed by atoms with Crippen LogP contribution in [0, 0.1) is 0 Å². The van der Waals surface area contributed by atoms with E-state index in [1.54, 1.807) is 0 Å². The molecule has 1 aliphatic rings. The van der Waals surface area contributed by atoms with Gasteiger partial charge in [-0.3, -0.25) is 15.0 Å². The van der Waals surface area contributed by atoms with E-state index in [1.807, 2.05) is 11.8 Å². The van der Waals surface area contributed by atoms with E-state index >= 15 is 0 Å².